The summed E-state index contributed by atoms with van der Waals surface area (Å²) in [6.07, 6.45) is 0. The van der Waals surface area contributed by atoms with Crippen molar-refractivity contribution < 1.29 is 14.3 Å². The molecule has 3 aromatic rings. The molecule has 0 aromatic heterocycles. The molecule has 2 amide bonds. The molecule has 10 heteroatoms. The highest BCUT2D eigenvalue weighted by Crippen LogP contribution is 2.46. The molecule has 2 heterocycles. The Morgan fingerprint density at radius 1 is 0.913 bits per heavy atom. The van der Waals surface area contributed by atoms with Crippen molar-refractivity contribution >= 4 is 47.5 Å². The molecule has 2 aliphatic rings. The topological polar surface area (TPSA) is 57.6 Å². The van der Waals surface area contributed by atoms with Crippen molar-refractivity contribution in [1.29, 1.82) is 0 Å². The highest BCUT2D eigenvalue weighted by molar-refractivity contribution is 6.30. The van der Waals surface area contributed by atoms with Crippen LogP contribution in [0.5, 0.6) is 5.75 Å². The molecule has 7 nitrogen and oxygen atoms in total. The third-order valence-electron chi connectivity index (χ3n) is 8.34. The maximum Gasteiger partial charge on any atom is 0.326 e. The van der Waals surface area contributed by atoms with Crippen LogP contribution in [-0.4, -0.2) is 79.6 Å². The van der Waals surface area contributed by atoms with E-state index in [0.29, 0.717) is 47.9 Å². The van der Waals surface area contributed by atoms with Crippen LogP contribution in [0.25, 0.3) is 0 Å². The van der Waals surface area contributed by atoms with Crippen molar-refractivity contribution in [2.24, 2.45) is 4.99 Å². The Bertz CT molecular complexity index is 1470. The Hall–Kier alpha value is -2.81. The molecule has 1 fully saturated rings. The zero-order valence-electron chi connectivity index (χ0n) is 26.6. The fourth-order valence-corrected chi connectivity index (χ4v) is 6.09. The number of amidine groups is 1. The van der Waals surface area contributed by atoms with Gasteiger partial charge in [-0.05, 0) is 65.4 Å². The number of hydrogen-bond donors (Lipinski definition) is 0. The number of amides is 2. The van der Waals surface area contributed by atoms with E-state index in [-0.39, 0.29) is 37.3 Å². The fourth-order valence-electron chi connectivity index (χ4n) is 5.84. The average Bonchev–Trinajstić information content (AvgIpc) is 3.40. The van der Waals surface area contributed by atoms with Gasteiger partial charge in [-0.3, -0.25) is 14.8 Å². The number of hydrogen-bond acceptors (Lipinski definition) is 5. The highest BCUT2D eigenvalue weighted by atomic mass is 35.5. The third-order valence-corrected chi connectivity index (χ3v) is 8.84. The fraction of sp³-hybridized carbons (Fsp3) is 0.444. The molecule has 3 aromatic carbocycles. The van der Waals surface area contributed by atoms with Crippen LogP contribution in [0.4, 0.5) is 4.79 Å². The molecule has 0 unspecified atom stereocenters. The number of rotatable bonds is 8. The molecular formula is C36H47Cl3N4O3. The summed E-state index contributed by atoms with van der Waals surface area (Å²) in [6, 6.07) is 20.9. The molecule has 2 aliphatic heterocycles. The minimum Gasteiger partial charge on any atom is -0.493 e. The first-order valence-corrected chi connectivity index (χ1v) is 16.0. The van der Waals surface area contributed by atoms with Gasteiger partial charge in [0, 0.05) is 49.9 Å². The van der Waals surface area contributed by atoms with Gasteiger partial charge in [0.25, 0.3) is 0 Å². The summed E-state index contributed by atoms with van der Waals surface area (Å²) in [6.45, 7) is 13.3. The number of methoxy groups -OCH3 is 1. The van der Waals surface area contributed by atoms with E-state index in [9.17, 15) is 4.79 Å². The van der Waals surface area contributed by atoms with Gasteiger partial charge in [0.15, 0.2) is 0 Å². The van der Waals surface area contributed by atoms with Gasteiger partial charge in [-0.2, -0.15) is 0 Å². The Balaban J connectivity index is 0.00000288. The number of nitrogens with zero attached hydrogens (tertiary/aromatic N) is 4. The first-order chi connectivity index (χ1) is 21.1. The molecule has 1 saturated heterocycles. The minimum absolute atomic E-state index is 0. The second kappa shape index (κ2) is 16.3. The molecule has 46 heavy (non-hydrogen) atoms. The lowest BCUT2D eigenvalue weighted by Gasteiger charge is -2.39. The van der Waals surface area contributed by atoms with Gasteiger partial charge in [-0.15, -0.1) is 12.4 Å². The van der Waals surface area contributed by atoms with Gasteiger partial charge in [0.2, 0.25) is 0 Å². The monoisotopic (exact) mass is 688 g/mol. The van der Waals surface area contributed by atoms with E-state index in [1.165, 1.54) is 0 Å². The van der Waals surface area contributed by atoms with Crippen LogP contribution in [0.2, 0.25) is 10.0 Å². The normalized spacial score (nSPS) is 18.5. The van der Waals surface area contributed by atoms with Crippen LogP contribution in [0.3, 0.4) is 0 Å². The second-order valence-electron chi connectivity index (χ2n) is 12.3. The van der Waals surface area contributed by atoms with Crippen molar-refractivity contribution in [2.45, 2.75) is 52.6 Å². The number of urea groups is 1. The number of halogens is 3. The molecule has 0 spiro atoms. The van der Waals surface area contributed by atoms with E-state index in [1.807, 2.05) is 65.3 Å². The second-order valence-corrected chi connectivity index (χ2v) is 13.2. The standard InChI is InChI=1S/C35H42Cl2N4O3.CH4.ClH/c1-6-44-30-23-26(35(2,3)4)11-16-29(30)33-38-31(24-7-12-27(36)13-8-24)32(25-9-14-28(37)15-10-25)41(33)34(42)40-19-17-39(18-20-40)21-22-43-5;;/h7-16,23,31-32H,6,17-22H2,1-5H3;1H4;1H/t31-,32+;;/m0../s1. The van der Waals surface area contributed by atoms with E-state index < -0.39 is 6.04 Å². The van der Waals surface area contributed by atoms with Crippen LogP contribution in [-0.2, 0) is 10.2 Å². The van der Waals surface area contributed by atoms with Gasteiger partial charge in [-0.1, -0.05) is 81.7 Å². The van der Waals surface area contributed by atoms with Crippen molar-refractivity contribution in [3.63, 3.8) is 0 Å². The number of benzene rings is 3. The zero-order chi connectivity index (χ0) is 31.4. The van der Waals surface area contributed by atoms with Gasteiger partial charge in [-0.25, -0.2) is 4.79 Å². The smallest absolute Gasteiger partial charge is 0.326 e. The summed E-state index contributed by atoms with van der Waals surface area (Å²) >= 11 is 12.6. The van der Waals surface area contributed by atoms with Crippen molar-refractivity contribution in [1.82, 2.24) is 14.7 Å². The molecule has 2 atom stereocenters. The van der Waals surface area contributed by atoms with Gasteiger partial charge < -0.3 is 14.4 Å². The average molecular weight is 690 g/mol. The molecular weight excluding hydrogens is 643 g/mol. The lowest BCUT2D eigenvalue weighted by Crippen LogP contribution is -2.54. The van der Waals surface area contributed by atoms with E-state index in [2.05, 4.69) is 43.9 Å². The molecule has 5 rings (SSSR count). The first-order valence-electron chi connectivity index (χ1n) is 15.3. The number of carbonyl (C=O) groups is 1. The Morgan fingerprint density at radius 2 is 1.50 bits per heavy atom. The number of carbonyl (C=O) groups excluding carboxylic acids is 1. The summed E-state index contributed by atoms with van der Waals surface area (Å²) in [5.41, 5.74) is 3.79. The van der Waals surface area contributed by atoms with E-state index in [1.54, 1.807) is 7.11 Å². The number of aliphatic imine (C=N–C) groups is 1. The van der Waals surface area contributed by atoms with E-state index in [4.69, 9.17) is 37.7 Å². The summed E-state index contributed by atoms with van der Waals surface area (Å²) in [7, 11) is 1.71. The summed E-state index contributed by atoms with van der Waals surface area (Å²) in [4.78, 5) is 26.2. The highest BCUT2D eigenvalue weighted by Gasteiger charge is 2.45. The lowest BCUT2D eigenvalue weighted by molar-refractivity contribution is 0.0963. The van der Waals surface area contributed by atoms with Crippen molar-refractivity contribution in [3.8, 4) is 5.75 Å². The van der Waals surface area contributed by atoms with Gasteiger partial charge in [0.05, 0.1) is 24.8 Å². The summed E-state index contributed by atoms with van der Waals surface area (Å²) < 4.78 is 11.5. The lowest BCUT2D eigenvalue weighted by atomic mass is 9.86. The molecule has 0 radical (unpaired) electrons. The first kappa shape index (κ1) is 37.6. The van der Waals surface area contributed by atoms with E-state index in [0.717, 1.165) is 41.9 Å². The van der Waals surface area contributed by atoms with Gasteiger partial charge >= 0.3 is 6.03 Å². The minimum atomic E-state index is -0.403. The van der Waals surface area contributed by atoms with Crippen LogP contribution < -0.4 is 4.74 Å². The Kier molecular flexibility index (Phi) is 13.4. The maximum atomic E-state index is 14.7. The van der Waals surface area contributed by atoms with Crippen LogP contribution in [0.1, 0.15) is 69.5 Å². The molecule has 0 N–H and O–H groups in total. The number of piperazine rings is 1. The number of ether oxygens (including phenoxy) is 2. The molecule has 0 bridgehead atoms. The molecule has 250 valence electrons. The summed E-state index contributed by atoms with van der Waals surface area (Å²) in [5, 5.41) is 1.28. The molecule has 0 aliphatic carbocycles. The Labute approximate surface area is 290 Å². The quantitative estimate of drug-likeness (QED) is 0.238. The summed E-state index contributed by atoms with van der Waals surface area (Å²) in [5.74, 6) is 1.31. The SMILES string of the molecule is C.CCOc1cc(C(C)(C)C)ccc1C1=N[C@@H](c2ccc(Cl)cc2)[C@@H](c2ccc(Cl)cc2)N1C(=O)N1CCN(CCOC)CC1.Cl. The zero-order valence-corrected chi connectivity index (χ0v) is 29.0. The van der Waals surface area contributed by atoms with Crippen LogP contribution in [0, 0.1) is 0 Å². The van der Waals surface area contributed by atoms with Crippen molar-refractivity contribution in [3.05, 3.63) is 99.0 Å². The van der Waals surface area contributed by atoms with Crippen LogP contribution >= 0.6 is 35.6 Å². The van der Waals surface area contributed by atoms with E-state index >= 15 is 0 Å². The predicted octanol–water partition coefficient (Wildman–Crippen LogP) is 8.68. The maximum absolute atomic E-state index is 14.7. The third kappa shape index (κ3) is 8.36. The predicted molar refractivity (Wildman–Crippen MR) is 192 cm³/mol. The Morgan fingerprint density at radius 3 is 2.04 bits per heavy atom. The largest absolute Gasteiger partial charge is 0.493 e. The van der Waals surface area contributed by atoms with Crippen LogP contribution in [0.15, 0.2) is 71.7 Å². The van der Waals surface area contributed by atoms with Crippen molar-refractivity contribution in [2.75, 3.05) is 53.0 Å². The van der Waals surface area contributed by atoms with Gasteiger partial charge in [0.1, 0.15) is 17.6 Å². The molecule has 0 saturated carbocycles.